The highest BCUT2D eigenvalue weighted by molar-refractivity contribution is 7.10. The Labute approximate surface area is 145 Å². The number of hydrogen-bond acceptors (Lipinski definition) is 5. The smallest absolute Gasteiger partial charge is 0.222 e. The maximum absolute atomic E-state index is 12.3. The Morgan fingerprint density at radius 3 is 2.74 bits per heavy atom. The van der Waals surface area contributed by atoms with Crippen molar-refractivity contribution in [2.45, 2.75) is 32.7 Å². The minimum absolute atomic E-state index is 0.311. The van der Waals surface area contributed by atoms with Gasteiger partial charge in [-0.3, -0.25) is 9.69 Å². The molecule has 0 aliphatic carbocycles. The van der Waals surface area contributed by atoms with Crippen LogP contribution in [-0.4, -0.2) is 46.9 Å². The Morgan fingerprint density at radius 2 is 2.09 bits per heavy atom. The molecule has 0 bridgehead atoms. The molecular formula is C17H23N3OS2. The highest BCUT2D eigenvalue weighted by atomic mass is 32.1. The van der Waals surface area contributed by atoms with Gasteiger partial charge < -0.3 is 4.90 Å². The van der Waals surface area contributed by atoms with Crippen LogP contribution in [0.1, 0.15) is 28.4 Å². The number of aryl methyl sites for hydroxylation is 2. The number of piperazine rings is 1. The molecule has 2 aromatic rings. The third-order valence-electron chi connectivity index (χ3n) is 4.17. The first-order valence-electron chi connectivity index (χ1n) is 8.14. The van der Waals surface area contributed by atoms with Gasteiger partial charge in [0, 0.05) is 49.4 Å². The molecule has 1 fully saturated rings. The monoisotopic (exact) mass is 349 g/mol. The minimum atomic E-state index is 0.311. The molecule has 1 saturated heterocycles. The Balaban J connectivity index is 1.37. The van der Waals surface area contributed by atoms with Gasteiger partial charge in [-0.2, -0.15) is 0 Å². The molecule has 0 radical (unpaired) electrons. The predicted octanol–water partition coefficient (Wildman–Crippen LogP) is 3.18. The molecule has 3 heterocycles. The molecule has 0 unspecified atom stereocenters. The fourth-order valence-electron chi connectivity index (χ4n) is 2.89. The first-order chi connectivity index (χ1) is 11.2. The van der Waals surface area contributed by atoms with E-state index in [4.69, 9.17) is 0 Å². The Bertz CT molecular complexity index is 616. The molecule has 0 aromatic carbocycles. The summed E-state index contributed by atoms with van der Waals surface area (Å²) in [7, 11) is 0. The molecule has 23 heavy (non-hydrogen) atoms. The lowest BCUT2D eigenvalue weighted by Gasteiger charge is -2.34. The maximum atomic E-state index is 12.3. The second-order valence-corrected chi connectivity index (χ2v) is 8.04. The molecule has 1 aliphatic heterocycles. The average Bonchev–Trinajstić information content (AvgIpc) is 3.20. The van der Waals surface area contributed by atoms with E-state index in [2.05, 4.69) is 32.8 Å². The van der Waals surface area contributed by atoms with Gasteiger partial charge in [0.2, 0.25) is 5.91 Å². The normalized spacial score (nSPS) is 16.0. The van der Waals surface area contributed by atoms with Crippen molar-refractivity contribution >= 4 is 28.6 Å². The van der Waals surface area contributed by atoms with Crippen molar-refractivity contribution in [3.8, 4) is 0 Å². The Hall–Kier alpha value is -1.24. The molecule has 3 rings (SSSR count). The largest absolute Gasteiger partial charge is 0.340 e. The molecule has 124 valence electrons. The number of carbonyl (C=O) groups is 1. The second kappa shape index (κ2) is 8.04. The summed E-state index contributed by atoms with van der Waals surface area (Å²) in [6, 6.07) is 4.22. The summed E-state index contributed by atoms with van der Waals surface area (Å²) in [6.07, 6.45) is 2.65. The molecule has 0 spiro atoms. The van der Waals surface area contributed by atoms with Crippen LogP contribution in [0.5, 0.6) is 0 Å². The molecule has 0 N–H and O–H groups in total. The topological polar surface area (TPSA) is 36.4 Å². The van der Waals surface area contributed by atoms with Gasteiger partial charge in [-0.15, -0.1) is 22.7 Å². The van der Waals surface area contributed by atoms with Crippen molar-refractivity contribution in [3.05, 3.63) is 38.5 Å². The van der Waals surface area contributed by atoms with Gasteiger partial charge in [0.05, 0.1) is 10.7 Å². The standard InChI is InChI=1S/C17H23N3OS2/c1-14-18-15(13-23-14)12-19-7-9-20(10-8-19)17(21)6-2-4-16-5-3-11-22-16/h3,5,11,13H,2,4,6-10,12H2,1H3. The summed E-state index contributed by atoms with van der Waals surface area (Å²) in [4.78, 5) is 22.6. The SMILES string of the molecule is Cc1nc(CN2CCN(C(=O)CCCc3cccs3)CC2)cs1. The van der Waals surface area contributed by atoms with E-state index < -0.39 is 0 Å². The van der Waals surface area contributed by atoms with Gasteiger partial charge in [-0.1, -0.05) is 6.07 Å². The zero-order chi connectivity index (χ0) is 16.1. The van der Waals surface area contributed by atoms with Crippen LogP contribution in [0.25, 0.3) is 0 Å². The van der Waals surface area contributed by atoms with Crippen molar-refractivity contribution in [2.24, 2.45) is 0 Å². The minimum Gasteiger partial charge on any atom is -0.340 e. The summed E-state index contributed by atoms with van der Waals surface area (Å²) in [5, 5.41) is 5.36. The van der Waals surface area contributed by atoms with E-state index in [9.17, 15) is 4.79 Å². The van der Waals surface area contributed by atoms with E-state index in [1.807, 2.05) is 11.8 Å². The van der Waals surface area contributed by atoms with Crippen LogP contribution in [0.15, 0.2) is 22.9 Å². The van der Waals surface area contributed by atoms with E-state index in [-0.39, 0.29) is 0 Å². The third kappa shape index (κ3) is 4.86. The fourth-order valence-corrected chi connectivity index (χ4v) is 4.25. The zero-order valence-corrected chi connectivity index (χ0v) is 15.2. The first kappa shape index (κ1) is 16.6. The van der Waals surface area contributed by atoms with Gasteiger partial charge >= 0.3 is 0 Å². The van der Waals surface area contributed by atoms with Crippen LogP contribution in [0.3, 0.4) is 0 Å². The van der Waals surface area contributed by atoms with Gasteiger partial charge in [0.15, 0.2) is 0 Å². The highest BCUT2D eigenvalue weighted by Gasteiger charge is 2.21. The van der Waals surface area contributed by atoms with Crippen molar-refractivity contribution in [3.63, 3.8) is 0 Å². The van der Waals surface area contributed by atoms with Gasteiger partial charge in [0.25, 0.3) is 0 Å². The molecule has 2 aromatic heterocycles. The summed E-state index contributed by atoms with van der Waals surface area (Å²) in [5.41, 5.74) is 1.16. The Kier molecular flexibility index (Phi) is 5.80. The lowest BCUT2D eigenvalue weighted by molar-refractivity contribution is -0.133. The summed E-state index contributed by atoms with van der Waals surface area (Å²) in [5.74, 6) is 0.311. The lowest BCUT2D eigenvalue weighted by atomic mass is 10.2. The van der Waals surface area contributed by atoms with Crippen molar-refractivity contribution in [2.75, 3.05) is 26.2 Å². The molecule has 0 saturated carbocycles. The van der Waals surface area contributed by atoms with Crippen molar-refractivity contribution in [1.82, 2.24) is 14.8 Å². The molecule has 1 aliphatic rings. The number of thiophene rings is 1. The van der Waals surface area contributed by atoms with Crippen LogP contribution in [0, 0.1) is 6.92 Å². The quantitative estimate of drug-likeness (QED) is 0.804. The third-order valence-corrected chi connectivity index (χ3v) is 5.93. The van der Waals surface area contributed by atoms with Crippen LogP contribution >= 0.6 is 22.7 Å². The molecule has 1 amide bonds. The number of hydrogen-bond donors (Lipinski definition) is 0. The fraction of sp³-hybridized carbons (Fsp3) is 0.529. The summed E-state index contributed by atoms with van der Waals surface area (Å²) in [6.45, 7) is 6.55. The van der Waals surface area contributed by atoms with Crippen LogP contribution < -0.4 is 0 Å². The van der Waals surface area contributed by atoms with E-state index in [1.54, 1.807) is 22.7 Å². The molecular weight excluding hydrogens is 326 g/mol. The number of thiazole rings is 1. The summed E-state index contributed by atoms with van der Waals surface area (Å²) >= 11 is 3.48. The lowest BCUT2D eigenvalue weighted by Crippen LogP contribution is -2.48. The number of nitrogens with zero attached hydrogens (tertiary/aromatic N) is 3. The van der Waals surface area contributed by atoms with E-state index >= 15 is 0 Å². The van der Waals surface area contributed by atoms with Gasteiger partial charge in [0.1, 0.15) is 0 Å². The number of carbonyl (C=O) groups excluding carboxylic acids is 1. The van der Waals surface area contributed by atoms with Crippen molar-refractivity contribution < 1.29 is 4.79 Å². The van der Waals surface area contributed by atoms with Gasteiger partial charge in [-0.25, -0.2) is 4.98 Å². The van der Waals surface area contributed by atoms with Gasteiger partial charge in [-0.05, 0) is 31.2 Å². The highest BCUT2D eigenvalue weighted by Crippen LogP contribution is 2.15. The predicted molar refractivity (Wildman–Crippen MR) is 96.0 cm³/mol. The Morgan fingerprint density at radius 1 is 1.26 bits per heavy atom. The van der Waals surface area contributed by atoms with Crippen LogP contribution in [0.2, 0.25) is 0 Å². The number of amides is 1. The van der Waals surface area contributed by atoms with E-state index in [1.165, 1.54) is 4.88 Å². The van der Waals surface area contributed by atoms with Crippen LogP contribution in [0.4, 0.5) is 0 Å². The molecule has 6 heteroatoms. The maximum Gasteiger partial charge on any atom is 0.222 e. The zero-order valence-electron chi connectivity index (χ0n) is 13.5. The second-order valence-electron chi connectivity index (χ2n) is 5.95. The summed E-state index contributed by atoms with van der Waals surface area (Å²) < 4.78 is 0. The average molecular weight is 350 g/mol. The van der Waals surface area contributed by atoms with E-state index in [0.29, 0.717) is 12.3 Å². The van der Waals surface area contributed by atoms with E-state index in [0.717, 1.165) is 56.3 Å². The first-order valence-corrected chi connectivity index (χ1v) is 9.90. The molecule has 4 nitrogen and oxygen atoms in total. The van der Waals surface area contributed by atoms with Crippen molar-refractivity contribution in [1.29, 1.82) is 0 Å². The number of rotatable bonds is 6. The molecule has 0 atom stereocenters. The van der Waals surface area contributed by atoms with Crippen LogP contribution in [-0.2, 0) is 17.8 Å². The number of aromatic nitrogens is 1.